The largest absolute Gasteiger partial charge is 0.508 e. The topological polar surface area (TPSA) is 102 Å². The van der Waals surface area contributed by atoms with Crippen molar-refractivity contribution in [3.05, 3.63) is 95.1 Å². The lowest BCUT2D eigenvalue weighted by Gasteiger charge is -2.18. The first-order valence-electron chi connectivity index (χ1n) is 10.8. The number of nitrogens with one attached hydrogen (secondary N) is 2. The van der Waals surface area contributed by atoms with Gasteiger partial charge in [-0.15, -0.1) is 0 Å². The van der Waals surface area contributed by atoms with E-state index >= 15 is 0 Å². The van der Waals surface area contributed by atoms with Gasteiger partial charge in [0.1, 0.15) is 11.5 Å². The van der Waals surface area contributed by atoms with E-state index in [1.807, 2.05) is 55.5 Å². The lowest BCUT2D eigenvalue weighted by molar-refractivity contribution is 0.0954. The van der Waals surface area contributed by atoms with Crippen molar-refractivity contribution in [1.82, 2.24) is 10.6 Å². The van der Waals surface area contributed by atoms with Crippen molar-refractivity contribution < 1.29 is 20.1 Å². The highest BCUT2D eigenvalue weighted by molar-refractivity contribution is 5.94. The van der Waals surface area contributed by atoms with Crippen molar-refractivity contribution in [2.45, 2.75) is 31.9 Å². The van der Waals surface area contributed by atoms with Gasteiger partial charge in [0.15, 0.2) is 0 Å². The van der Waals surface area contributed by atoms with Crippen LogP contribution in [0.5, 0.6) is 11.5 Å². The molecule has 2 atom stereocenters. The average molecular weight is 435 g/mol. The molecule has 168 valence electrons. The Morgan fingerprint density at radius 2 is 1.59 bits per heavy atom. The second-order valence-electron chi connectivity index (χ2n) is 8.00. The van der Waals surface area contributed by atoms with Crippen molar-refractivity contribution >= 4 is 5.91 Å². The molecule has 0 saturated carbocycles. The number of amides is 1. The minimum atomic E-state index is -0.864. The quantitative estimate of drug-likeness (QED) is 0.337. The summed E-state index contributed by atoms with van der Waals surface area (Å²) in [6, 6.07) is 21.7. The molecule has 0 radical (unpaired) electrons. The highest BCUT2D eigenvalue weighted by Crippen LogP contribution is 2.24. The van der Waals surface area contributed by atoms with E-state index in [4.69, 9.17) is 0 Å². The molecule has 0 aromatic heterocycles. The van der Waals surface area contributed by atoms with Crippen LogP contribution in [0.15, 0.2) is 72.8 Å². The highest BCUT2D eigenvalue weighted by atomic mass is 16.3. The standard InChI is InChI=1S/C26H30N2O4/c1-18(28-17-25(31)22-14-23(29)16-24(30)15-22)12-20-8-5-9-21(13-20)26(32)27-11-10-19-6-3-2-4-7-19/h2-9,13-16,18,25,28-31H,10-12,17H2,1H3,(H,27,32)/t18-,25+/m1/s1. The first-order valence-corrected chi connectivity index (χ1v) is 10.8. The van der Waals surface area contributed by atoms with Crippen LogP contribution in [0.1, 0.15) is 40.1 Å². The van der Waals surface area contributed by atoms with Crippen LogP contribution < -0.4 is 10.6 Å². The number of benzene rings is 3. The second kappa shape index (κ2) is 11.3. The summed E-state index contributed by atoms with van der Waals surface area (Å²) in [4.78, 5) is 12.5. The Morgan fingerprint density at radius 3 is 2.31 bits per heavy atom. The van der Waals surface area contributed by atoms with Gasteiger partial charge in [0, 0.05) is 30.8 Å². The molecule has 0 aliphatic rings. The Labute approximate surface area is 188 Å². The molecule has 0 unspecified atom stereocenters. The van der Waals surface area contributed by atoms with Gasteiger partial charge in [-0.25, -0.2) is 0 Å². The zero-order chi connectivity index (χ0) is 22.9. The predicted octanol–water partition coefficient (Wildman–Crippen LogP) is 3.32. The van der Waals surface area contributed by atoms with Gasteiger partial charge in [-0.2, -0.15) is 0 Å². The zero-order valence-electron chi connectivity index (χ0n) is 18.2. The molecule has 0 saturated heterocycles. The van der Waals surface area contributed by atoms with E-state index < -0.39 is 6.10 Å². The summed E-state index contributed by atoms with van der Waals surface area (Å²) >= 11 is 0. The third-order valence-electron chi connectivity index (χ3n) is 5.24. The monoisotopic (exact) mass is 434 g/mol. The van der Waals surface area contributed by atoms with Crippen LogP contribution in [0.25, 0.3) is 0 Å². The summed E-state index contributed by atoms with van der Waals surface area (Å²) in [5, 5.41) is 35.7. The normalized spacial score (nSPS) is 12.8. The summed E-state index contributed by atoms with van der Waals surface area (Å²) in [6.45, 7) is 2.84. The van der Waals surface area contributed by atoms with Gasteiger partial charge in [0.2, 0.25) is 0 Å². The first kappa shape index (κ1) is 23.3. The third-order valence-corrected chi connectivity index (χ3v) is 5.24. The summed E-state index contributed by atoms with van der Waals surface area (Å²) in [5.41, 5.74) is 3.27. The van der Waals surface area contributed by atoms with Gasteiger partial charge in [-0.1, -0.05) is 42.5 Å². The van der Waals surface area contributed by atoms with Crippen molar-refractivity contribution in [3.8, 4) is 11.5 Å². The average Bonchev–Trinajstić information content (AvgIpc) is 2.77. The molecule has 0 fully saturated rings. The molecule has 3 rings (SSSR count). The van der Waals surface area contributed by atoms with Gasteiger partial charge in [-0.3, -0.25) is 4.79 Å². The number of aromatic hydroxyl groups is 2. The molecule has 0 aliphatic heterocycles. The fraction of sp³-hybridized carbons (Fsp3) is 0.269. The lowest BCUT2D eigenvalue weighted by atomic mass is 10.0. The van der Waals surface area contributed by atoms with Crippen LogP contribution in [-0.2, 0) is 12.8 Å². The zero-order valence-corrected chi connectivity index (χ0v) is 18.2. The van der Waals surface area contributed by atoms with Crippen LogP contribution >= 0.6 is 0 Å². The molecule has 5 N–H and O–H groups in total. The predicted molar refractivity (Wildman–Crippen MR) is 125 cm³/mol. The summed E-state index contributed by atoms with van der Waals surface area (Å²) < 4.78 is 0. The number of hydrogen-bond donors (Lipinski definition) is 5. The van der Waals surface area contributed by atoms with E-state index in [2.05, 4.69) is 10.6 Å². The molecular weight excluding hydrogens is 404 g/mol. The minimum absolute atomic E-state index is 0.0481. The molecule has 0 spiro atoms. The number of phenolic OH excluding ortho intramolecular Hbond substituents is 2. The Bertz CT molecular complexity index is 1000. The maximum Gasteiger partial charge on any atom is 0.251 e. The number of rotatable bonds is 10. The number of carbonyl (C=O) groups excluding carboxylic acids is 1. The van der Waals surface area contributed by atoms with Crippen LogP contribution in [0.2, 0.25) is 0 Å². The number of aliphatic hydroxyl groups is 1. The number of aliphatic hydroxyl groups excluding tert-OH is 1. The van der Waals surface area contributed by atoms with Gasteiger partial charge in [0.05, 0.1) is 6.10 Å². The van der Waals surface area contributed by atoms with Crippen molar-refractivity contribution in [1.29, 1.82) is 0 Å². The third kappa shape index (κ3) is 7.11. The highest BCUT2D eigenvalue weighted by Gasteiger charge is 2.13. The molecule has 1 amide bonds. The molecule has 0 bridgehead atoms. The number of carbonyl (C=O) groups is 1. The molecular formula is C26H30N2O4. The van der Waals surface area contributed by atoms with Crippen LogP contribution in [0, 0.1) is 0 Å². The summed E-state index contributed by atoms with van der Waals surface area (Å²) in [5.74, 6) is -0.278. The fourth-order valence-electron chi connectivity index (χ4n) is 3.57. The Morgan fingerprint density at radius 1 is 0.906 bits per heavy atom. The molecule has 6 heteroatoms. The van der Waals surface area contributed by atoms with Gasteiger partial charge in [-0.05, 0) is 60.7 Å². The molecule has 6 nitrogen and oxygen atoms in total. The van der Waals surface area contributed by atoms with Crippen molar-refractivity contribution in [3.63, 3.8) is 0 Å². The Balaban J connectivity index is 1.48. The molecule has 32 heavy (non-hydrogen) atoms. The minimum Gasteiger partial charge on any atom is -0.508 e. The van der Waals surface area contributed by atoms with Crippen molar-refractivity contribution in [2.24, 2.45) is 0 Å². The Kier molecular flexibility index (Phi) is 8.25. The lowest BCUT2D eigenvalue weighted by Crippen LogP contribution is -2.32. The molecule has 3 aromatic carbocycles. The molecule has 0 heterocycles. The first-order chi connectivity index (χ1) is 15.4. The van der Waals surface area contributed by atoms with Gasteiger partial charge >= 0.3 is 0 Å². The molecule has 3 aromatic rings. The Hall–Kier alpha value is -3.35. The van der Waals surface area contributed by atoms with E-state index in [-0.39, 0.29) is 30.0 Å². The van der Waals surface area contributed by atoms with Gasteiger partial charge < -0.3 is 26.0 Å². The second-order valence-corrected chi connectivity index (χ2v) is 8.00. The van der Waals surface area contributed by atoms with E-state index in [9.17, 15) is 20.1 Å². The SMILES string of the molecule is C[C@H](Cc1cccc(C(=O)NCCc2ccccc2)c1)NC[C@H](O)c1cc(O)cc(O)c1. The van der Waals surface area contributed by atoms with E-state index in [1.54, 1.807) is 6.07 Å². The maximum absolute atomic E-state index is 12.5. The van der Waals surface area contributed by atoms with Crippen molar-refractivity contribution in [2.75, 3.05) is 13.1 Å². The van der Waals surface area contributed by atoms with E-state index in [0.717, 1.165) is 12.0 Å². The number of phenols is 2. The summed E-state index contributed by atoms with van der Waals surface area (Å²) in [7, 11) is 0. The summed E-state index contributed by atoms with van der Waals surface area (Å²) in [6.07, 6.45) is 0.604. The molecule has 0 aliphatic carbocycles. The fourth-order valence-corrected chi connectivity index (χ4v) is 3.57. The van der Waals surface area contributed by atoms with Crippen LogP contribution in [-0.4, -0.2) is 40.4 Å². The van der Waals surface area contributed by atoms with Crippen LogP contribution in [0.3, 0.4) is 0 Å². The van der Waals surface area contributed by atoms with Gasteiger partial charge in [0.25, 0.3) is 5.91 Å². The number of hydrogen-bond acceptors (Lipinski definition) is 5. The smallest absolute Gasteiger partial charge is 0.251 e. The van der Waals surface area contributed by atoms with E-state index in [1.165, 1.54) is 23.8 Å². The van der Waals surface area contributed by atoms with Crippen LogP contribution in [0.4, 0.5) is 0 Å². The maximum atomic E-state index is 12.5. The van der Waals surface area contributed by atoms with E-state index in [0.29, 0.717) is 24.1 Å².